The smallest absolute Gasteiger partial charge is 0.167 e. The maximum absolute atomic E-state index is 13.2. The first-order valence-electron chi connectivity index (χ1n) is 6.69. The van der Waals surface area contributed by atoms with Crippen molar-refractivity contribution in [3.05, 3.63) is 63.9 Å². The van der Waals surface area contributed by atoms with Gasteiger partial charge in [0.15, 0.2) is 5.78 Å². The lowest BCUT2D eigenvalue weighted by molar-refractivity contribution is 0.0992. The van der Waals surface area contributed by atoms with E-state index in [0.29, 0.717) is 15.8 Å². The van der Waals surface area contributed by atoms with Crippen LogP contribution in [0.25, 0.3) is 0 Å². The molecule has 0 aliphatic heterocycles. The molecular formula is C17H16BrFO2. The van der Waals surface area contributed by atoms with Crippen LogP contribution in [0.5, 0.6) is 5.75 Å². The lowest BCUT2D eigenvalue weighted by Gasteiger charge is -2.10. The number of carbonyl (C=O) groups is 1. The Morgan fingerprint density at radius 3 is 2.67 bits per heavy atom. The average molecular weight is 351 g/mol. The molecule has 0 fully saturated rings. The SMILES string of the molecule is CC(C)Oc1cccc(C(=O)Cc2ccc(F)c(Br)c2)c1. The van der Waals surface area contributed by atoms with Gasteiger partial charge in [-0.2, -0.15) is 0 Å². The maximum atomic E-state index is 13.2. The van der Waals surface area contributed by atoms with E-state index in [9.17, 15) is 9.18 Å². The Labute approximate surface area is 132 Å². The molecule has 21 heavy (non-hydrogen) atoms. The average Bonchev–Trinajstić information content (AvgIpc) is 2.42. The molecule has 0 unspecified atom stereocenters. The van der Waals surface area contributed by atoms with Crippen molar-refractivity contribution in [2.75, 3.05) is 0 Å². The number of benzene rings is 2. The molecule has 4 heteroatoms. The summed E-state index contributed by atoms with van der Waals surface area (Å²) in [5.41, 5.74) is 1.36. The summed E-state index contributed by atoms with van der Waals surface area (Å²) in [6.45, 7) is 3.87. The minimum Gasteiger partial charge on any atom is -0.491 e. The zero-order valence-electron chi connectivity index (χ0n) is 11.9. The Bertz CT molecular complexity index is 653. The monoisotopic (exact) mass is 350 g/mol. The number of ether oxygens (including phenoxy) is 1. The molecular weight excluding hydrogens is 335 g/mol. The molecule has 0 saturated heterocycles. The summed E-state index contributed by atoms with van der Waals surface area (Å²) >= 11 is 3.12. The van der Waals surface area contributed by atoms with Crippen molar-refractivity contribution in [1.29, 1.82) is 0 Å². The highest BCUT2D eigenvalue weighted by Crippen LogP contribution is 2.20. The quantitative estimate of drug-likeness (QED) is 0.724. The summed E-state index contributed by atoms with van der Waals surface area (Å²) in [6.07, 6.45) is 0.285. The van der Waals surface area contributed by atoms with Crippen LogP contribution >= 0.6 is 15.9 Å². The van der Waals surface area contributed by atoms with E-state index in [-0.39, 0.29) is 24.1 Å². The van der Waals surface area contributed by atoms with Crippen molar-refractivity contribution in [2.24, 2.45) is 0 Å². The minimum atomic E-state index is -0.335. The molecule has 0 aliphatic rings. The van der Waals surface area contributed by atoms with E-state index >= 15 is 0 Å². The number of Topliss-reactive ketones (excluding diaryl/α,β-unsaturated/α-hetero) is 1. The first-order chi connectivity index (χ1) is 9.95. The summed E-state index contributed by atoms with van der Waals surface area (Å²) in [5, 5.41) is 0. The molecule has 2 nitrogen and oxygen atoms in total. The van der Waals surface area contributed by atoms with Gasteiger partial charge in [0.05, 0.1) is 10.6 Å². The molecule has 0 amide bonds. The largest absolute Gasteiger partial charge is 0.491 e. The number of ketones is 1. The predicted molar refractivity (Wildman–Crippen MR) is 84.3 cm³/mol. The van der Waals surface area contributed by atoms with Crippen LogP contribution in [0.3, 0.4) is 0 Å². The molecule has 2 aromatic carbocycles. The van der Waals surface area contributed by atoms with E-state index in [1.54, 1.807) is 30.3 Å². The zero-order chi connectivity index (χ0) is 15.4. The first-order valence-corrected chi connectivity index (χ1v) is 7.49. The van der Waals surface area contributed by atoms with Crippen molar-refractivity contribution < 1.29 is 13.9 Å². The molecule has 0 saturated carbocycles. The fraction of sp³-hybridized carbons (Fsp3) is 0.235. The second-order valence-electron chi connectivity index (χ2n) is 5.04. The lowest BCUT2D eigenvalue weighted by atomic mass is 10.0. The molecule has 2 rings (SSSR count). The Hall–Kier alpha value is -1.68. The lowest BCUT2D eigenvalue weighted by Crippen LogP contribution is -2.07. The molecule has 2 aromatic rings. The van der Waals surface area contributed by atoms with Gasteiger partial charge < -0.3 is 4.74 Å². The van der Waals surface area contributed by atoms with Crippen LogP contribution in [-0.2, 0) is 6.42 Å². The van der Waals surface area contributed by atoms with E-state index < -0.39 is 0 Å². The number of carbonyl (C=O) groups excluding carboxylic acids is 1. The predicted octanol–water partition coefficient (Wildman–Crippen LogP) is 4.80. The fourth-order valence-corrected chi connectivity index (χ4v) is 2.38. The minimum absolute atomic E-state index is 0.0253. The van der Waals surface area contributed by atoms with Crippen LogP contribution in [0.2, 0.25) is 0 Å². The highest BCUT2D eigenvalue weighted by atomic mass is 79.9. The Morgan fingerprint density at radius 1 is 1.24 bits per heavy atom. The van der Waals surface area contributed by atoms with Gasteiger partial charge in [-0.05, 0) is 59.6 Å². The highest BCUT2D eigenvalue weighted by Gasteiger charge is 2.10. The number of hydrogen-bond acceptors (Lipinski definition) is 2. The highest BCUT2D eigenvalue weighted by molar-refractivity contribution is 9.10. The fourth-order valence-electron chi connectivity index (χ4n) is 1.95. The van der Waals surface area contributed by atoms with Crippen LogP contribution in [-0.4, -0.2) is 11.9 Å². The van der Waals surface area contributed by atoms with Gasteiger partial charge in [-0.25, -0.2) is 4.39 Å². The summed E-state index contributed by atoms with van der Waals surface area (Å²) in [7, 11) is 0. The van der Waals surface area contributed by atoms with Crippen LogP contribution in [0, 0.1) is 5.82 Å². The molecule has 0 atom stereocenters. The molecule has 0 N–H and O–H groups in total. The number of rotatable bonds is 5. The Kier molecular flexibility index (Phi) is 5.12. The van der Waals surface area contributed by atoms with Crippen molar-refractivity contribution in [2.45, 2.75) is 26.4 Å². The summed E-state index contributed by atoms with van der Waals surface area (Å²) in [6, 6.07) is 11.7. The van der Waals surface area contributed by atoms with Gasteiger partial charge >= 0.3 is 0 Å². The van der Waals surface area contributed by atoms with Crippen LogP contribution in [0.15, 0.2) is 46.9 Å². The Balaban J connectivity index is 2.14. The van der Waals surface area contributed by atoms with Crippen molar-refractivity contribution in [3.63, 3.8) is 0 Å². The number of halogens is 2. The Morgan fingerprint density at radius 2 is 2.00 bits per heavy atom. The summed E-state index contributed by atoms with van der Waals surface area (Å²) in [4.78, 5) is 12.3. The molecule has 0 heterocycles. The second-order valence-corrected chi connectivity index (χ2v) is 5.90. The van der Waals surface area contributed by atoms with Gasteiger partial charge in [-0.3, -0.25) is 4.79 Å². The summed E-state index contributed by atoms with van der Waals surface area (Å²) in [5.74, 6) is 0.317. The third kappa shape index (κ3) is 4.39. The second kappa shape index (κ2) is 6.85. The molecule has 0 radical (unpaired) electrons. The van der Waals surface area contributed by atoms with Gasteiger partial charge in [0.2, 0.25) is 0 Å². The van der Waals surface area contributed by atoms with Crippen molar-refractivity contribution >= 4 is 21.7 Å². The normalized spacial score (nSPS) is 10.7. The van der Waals surface area contributed by atoms with Crippen LogP contribution in [0.1, 0.15) is 29.8 Å². The third-order valence-electron chi connectivity index (χ3n) is 2.88. The number of hydrogen-bond donors (Lipinski definition) is 0. The van der Waals surface area contributed by atoms with Gasteiger partial charge in [0, 0.05) is 12.0 Å². The first kappa shape index (κ1) is 15.7. The van der Waals surface area contributed by atoms with E-state index in [1.807, 2.05) is 19.9 Å². The van der Waals surface area contributed by atoms with Gasteiger partial charge in [0.1, 0.15) is 11.6 Å². The van der Waals surface area contributed by atoms with Crippen molar-refractivity contribution in [1.82, 2.24) is 0 Å². The van der Waals surface area contributed by atoms with Crippen molar-refractivity contribution in [3.8, 4) is 5.75 Å². The van der Waals surface area contributed by atoms with Crippen LogP contribution < -0.4 is 4.74 Å². The van der Waals surface area contributed by atoms with E-state index in [0.717, 1.165) is 5.56 Å². The summed E-state index contributed by atoms with van der Waals surface area (Å²) < 4.78 is 19.1. The molecule has 0 aromatic heterocycles. The van der Waals surface area contributed by atoms with E-state index in [2.05, 4.69) is 15.9 Å². The topological polar surface area (TPSA) is 26.3 Å². The molecule has 0 spiro atoms. The van der Waals surface area contributed by atoms with Crippen LogP contribution in [0.4, 0.5) is 4.39 Å². The van der Waals surface area contributed by atoms with E-state index in [4.69, 9.17) is 4.74 Å². The van der Waals surface area contributed by atoms with Gasteiger partial charge in [-0.15, -0.1) is 0 Å². The molecule has 0 bridgehead atoms. The van der Waals surface area contributed by atoms with Gasteiger partial charge in [-0.1, -0.05) is 18.2 Å². The zero-order valence-corrected chi connectivity index (χ0v) is 13.5. The van der Waals surface area contributed by atoms with E-state index in [1.165, 1.54) is 6.07 Å². The maximum Gasteiger partial charge on any atom is 0.167 e. The molecule has 0 aliphatic carbocycles. The third-order valence-corrected chi connectivity index (χ3v) is 3.48. The van der Waals surface area contributed by atoms with Gasteiger partial charge in [0.25, 0.3) is 0 Å². The molecule has 110 valence electrons. The standard InChI is InChI=1S/C17H16BrFO2/c1-11(2)21-14-5-3-4-13(10-14)17(20)9-12-6-7-16(19)15(18)8-12/h3-8,10-11H,9H2,1-2H3.